The highest BCUT2D eigenvalue weighted by molar-refractivity contribution is 7.21. The van der Waals surface area contributed by atoms with E-state index >= 15 is 0 Å². The van der Waals surface area contributed by atoms with Crippen LogP contribution in [0.5, 0.6) is 0 Å². The smallest absolute Gasteiger partial charge is 0.263 e. The molecule has 0 bridgehead atoms. The van der Waals surface area contributed by atoms with Crippen molar-refractivity contribution in [2.75, 3.05) is 0 Å². The maximum absolute atomic E-state index is 12.1. The third-order valence-corrected chi connectivity index (χ3v) is 4.26. The maximum Gasteiger partial charge on any atom is 0.263 e. The average molecular weight is 312 g/mol. The second-order valence-corrected chi connectivity index (χ2v) is 5.38. The van der Waals surface area contributed by atoms with E-state index in [0.29, 0.717) is 0 Å². The molecular formula is C12H10ClN3O3S. The van der Waals surface area contributed by atoms with Gasteiger partial charge < -0.3 is 16.8 Å². The highest BCUT2D eigenvalue weighted by atomic mass is 35.5. The Kier molecular flexibility index (Phi) is 3.91. The van der Waals surface area contributed by atoms with Gasteiger partial charge in [-0.3, -0.25) is 14.4 Å². The van der Waals surface area contributed by atoms with Crippen LogP contribution in [-0.2, 0) is 9.59 Å². The summed E-state index contributed by atoms with van der Waals surface area (Å²) in [7, 11) is 0. The van der Waals surface area contributed by atoms with E-state index in [4.69, 9.17) is 23.1 Å². The Bertz CT molecular complexity index is 699. The molecule has 0 saturated heterocycles. The number of fused-ring (bicyclic) bond motifs is 1. The van der Waals surface area contributed by atoms with Gasteiger partial charge in [0.25, 0.3) is 5.91 Å². The maximum atomic E-state index is 12.1. The third-order valence-electron chi connectivity index (χ3n) is 2.59. The molecule has 104 valence electrons. The van der Waals surface area contributed by atoms with E-state index in [1.165, 1.54) is 0 Å². The van der Waals surface area contributed by atoms with Crippen molar-refractivity contribution in [1.82, 2.24) is 5.32 Å². The van der Waals surface area contributed by atoms with Gasteiger partial charge in [0.05, 0.1) is 5.02 Å². The minimum Gasteiger partial charge on any atom is -0.367 e. The number of benzene rings is 1. The van der Waals surface area contributed by atoms with E-state index in [9.17, 15) is 14.4 Å². The number of thiophene rings is 1. The monoisotopic (exact) mass is 311 g/mol. The van der Waals surface area contributed by atoms with E-state index < -0.39 is 23.8 Å². The Morgan fingerprint density at radius 1 is 1.15 bits per heavy atom. The predicted octanol–water partition coefficient (Wildman–Crippen LogP) is 0.624. The highest BCUT2D eigenvalue weighted by Crippen LogP contribution is 2.34. The van der Waals surface area contributed by atoms with Gasteiger partial charge in [0.1, 0.15) is 4.88 Å². The summed E-state index contributed by atoms with van der Waals surface area (Å²) >= 11 is 7.26. The van der Waals surface area contributed by atoms with E-state index in [1.54, 1.807) is 12.1 Å². The van der Waals surface area contributed by atoms with Gasteiger partial charge in [0.15, 0.2) is 6.04 Å². The Hall–Kier alpha value is -2.12. The number of amides is 3. The number of nitrogens with one attached hydrogen (secondary N) is 1. The first kappa shape index (κ1) is 14.3. The van der Waals surface area contributed by atoms with E-state index in [2.05, 4.69) is 5.32 Å². The lowest BCUT2D eigenvalue weighted by molar-refractivity contribution is -0.128. The van der Waals surface area contributed by atoms with Crippen LogP contribution < -0.4 is 16.8 Å². The molecule has 0 radical (unpaired) electrons. The summed E-state index contributed by atoms with van der Waals surface area (Å²) < 4.78 is 0.817. The number of rotatable bonds is 4. The van der Waals surface area contributed by atoms with Gasteiger partial charge in [-0.15, -0.1) is 11.3 Å². The summed E-state index contributed by atoms with van der Waals surface area (Å²) in [5.41, 5.74) is 9.99. The van der Waals surface area contributed by atoms with Gasteiger partial charge in [-0.1, -0.05) is 29.8 Å². The molecule has 1 aromatic carbocycles. The molecule has 20 heavy (non-hydrogen) atoms. The van der Waals surface area contributed by atoms with Gasteiger partial charge in [0, 0.05) is 10.1 Å². The molecular weight excluding hydrogens is 302 g/mol. The van der Waals surface area contributed by atoms with Crippen molar-refractivity contribution in [3.63, 3.8) is 0 Å². The zero-order valence-corrected chi connectivity index (χ0v) is 11.6. The molecule has 0 aliphatic heterocycles. The minimum atomic E-state index is -1.57. The second-order valence-electron chi connectivity index (χ2n) is 3.95. The van der Waals surface area contributed by atoms with Crippen LogP contribution in [0.15, 0.2) is 24.3 Å². The molecule has 0 spiro atoms. The molecule has 2 rings (SSSR count). The SMILES string of the molecule is NC(=O)C(NC(=O)c1sc2ccccc2c1Cl)C(N)=O. The molecule has 2 aromatic rings. The zero-order valence-electron chi connectivity index (χ0n) is 10.1. The Morgan fingerprint density at radius 3 is 2.30 bits per heavy atom. The number of carbonyl (C=O) groups excluding carboxylic acids is 3. The van der Waals surface area contributed by atoms with Crippen molar-refractivity contribution in [2.45, 2.75) is 6.04 Å². The molecule has 0 saturated carbocycles. The van der Waals surface area contributed by atoms with Crippen molar-refractivity contribution in [2.24, 2.45) is 11.5 Å². The lowest BCUT2D eigenvalue weighted by atomic mass is 10.2. The summed E-state index contributed by atoms with van der Waals surface area (Å²) in [4.78, 5) is 34.3. The van der Waals surface area contributed by atoms with Crippen LogP contribution in [0.1, 0.15) is 9.67 Å². The summed E-state index contributed by atoms with van der Waals surface area (Å²) in [6.07, 6.45) is 0. The van der Waals surface area contributed by atoms with Gasteiger partial charge in [-0.05, 0) is 6.07 Å². The van der Waals surface area contributed by atoms with Crippen LogP contribution in [0.2, 0.25) is 5.02 Å². The molecule has 5 N–H and O–H groups in total. The highest BCUT2D eigenvalue weighted by Gasteiger charge is 2.26. The Morgan fingerprint density at radius 2 is 1.75 bits per heavy atom. The van der Waals surface area contributed by atoms with E-state index in [1.807, 2.05) is 12.1 Å². The number of hydrogen-bond donors (Lipinski definition) is 3. The predicted molar refractivity (Wildman–Crippen MR) is 76.5 cm³/mol. The number of nitrogens with two attached hydrogens (primary N) is 2. The lowest BCUT2D eigenvalue weighted by Gasteiger charge is -2.10. The fourth-order valence-corrected chi connectivity index (χ4v) is 3.06. The van der Waals surface area contributed by atoms with Gasteiger partial charge in [-0.2, -0.15) is 0 Å². The normalized spacial score (nSPS) is 10.7. The van der Waals surface area contributed by atoms with Gasteiger partial charge in [0.2, 0.25) is 11.8 Å². The zero-order chi connectivity index (χ0) is 14.9. The number of halogens is 1. The molecule has 3 amide bonds. The van der Waals surface area contributed by atoms with Crippen LogP contribution >= 0.6 is 22.9 Å². The van der Waals surface area contributed by atoms with E-state index in [0.717, 1.165) is 21.4 Å². The minimum absolute atomic E-state index is 0.195. The third kappa shape index (κ3) is 2.59. The summed E-state index contributed by atoms with van der Waals surface area (Å²) in [5.74, 6) is -2.72. The topological polar surface area (TPSA) is 115 Å². The summed E-state index contributed by atoms with van der Waals surface area (Å²) in [6.45, 7) is 0. The van der Waals surface area contributed by atoms with Crippen molar-refractivity contribution in [3.05, 3.63) is 34.2 Å². The van der Waals surface area contributed by atoms with E-state index in [-0.39, 0.29) is 9.90 Å². The van der Waals surface area contributed by atoms with Crippen molar-refractivity contribution in [3.8, 4) is 0 Å². The van der Waals surface area contributed by atoms with Crippen LogP contribution in [0.4, 0.5) is 0 Å². The number of hydrogen-bond acceptors (Lipinski definition) is 4. The molecule has 6 nitrogen and oxygen atoms in total. The first-order chi connectivity index (χ1) is 9.41. The molecule has 8 heteroatoms. The molecule has 0 atom stereocenters. The molecule has 0 aliphatic rings. The lowest BCUT2D eigenvalue weighted by Crippen LogP contribution is -2.52. The molecule has 0 aliphatic carbocycles. The van der Waals surface area contributed by atoms with Crippen molar-refractivity contribution >= 4 is 50.7 Å². The fraction of sp³-hybridized carbons (Fsp3) is 0.0833. The molecule has 0 fully saturated rings. The quantitative estimate of drug-likeness (QED) is 0.719. The summed E-state index contributed by atoms with van der Waals surface area (Å²) in [6, 6.07) is 5.61. The van der Waals surface area contributed by atoms with Crippen LogP contribution in [0, 0.1) is 0 Å². The molecule has 1 heterocycles. The van der Waals surface area contributed by atoms with Crippen molar-refractivity contribution in [1.29, 1.82) is 0 Å². The average Bonchev–Trinajstić information content (AvgIpc) is 2.73. The first-order valence-corrected chi connectivity index (χ1v) is 6.67. The Balaban J connectivity index is 2.34. The number of carbonyl (C=O) groups is 3. The van der Waals surface area contributed by atoms with Crippen LogP contribution in [0.25, 0.3) is 10.1 Å². The van der Waals surface area contributed by atoms with Crippen LogP contribution in [0.3, 0.4) is 0 Å². The Labute approximate surface area is 122 Å². The second kappa shape index (κ2) is 5.48. The first-order valence-electron chi connectivity index (χ1n) is 5.48. The molecule has 0 unspecified atom stereocenters. The molecule has 1 aromatic heterocycles. The number of primary amides is 2. The fourth-order valence-electron chi connectivity index (χ4n) is 1.64. The van der Waals surface area contributed by atoms with Crippen molar-refractivity contribution < 1.29 is 14.4 Å². The summed E-state index contributed by atoms with van der Waals surface area (Å²) in [5, 5.41) is 3.15. The van der Waals surface area contributed by atoms with Crippen LogP contribution in [-0.4, -0.2) is 23.8 Å². The van der Waals surface area contributed by atoms with Gasteiger partial charge in [-0.25, -0.2) is 0 Å². The van der Waals surface area contributed by atoms with Gasteiger partial charge >= 0.3 is 0 Å². The largest absolute Gasteiger partial charge is 0.367 e. The standard InChI is InChI=1S/C12H10ClN3O3S/c13-7-5-3-1-2-4-6(5)20-9(7)12(19)16-8(10(14)17)11(15)18/h1-4,8H,(H2,14,17)(H2,15,18)(H,16,19).